The van der Waals surface area contributed by atoms with E-state index in [-0.39, 0.29) is 11.8 Å². The second kappa shape index (κ2) is 7.47. The number of Topliss-reactive ketones (excluding diaryl/α,β-unsaturated/α-hetero) is 1. The average molecular weight is 394 g/mol. The van der Waals surface area contributed by atoms with Crippen molar-refractivity contribution in [2.75, 3.05) is 23.3 Å². The molecular weight excluding hydrogens is 368 g/mol. The minimum absolute atomic E-state index is 0.172. The smallest absolute Gasteiger partial charge is 0.246 e. The second-order valence-corrected chi connectivity index (χ2v) is 7.92. The van der Waals surface area contributed by atoms with E-state index in [0.717, 1.165) is 37.1 Å². The van der Waals surface area contributed by atoms with Crippen LogP contribution in [0.3, 0.4) is 0 Å². The zero-order valence-corrected chi connectivity index (χ0v) is 16.3. The predicted molar refractivity (Wildman–Crippen MR) is 110 cm³/mol. The average Bonchev–Trinajstić information content (AvgIpc) is 3.14. The molecule has 0 unspecified atom stereocenters. The van der Waals surface area contributed by atoms with Crippen LogP contribution in [-0.2, 0) is 4.79 Å². The molecule has 9 heteroatoms. The summed E-state index contributed by atoms with van der Waals surface area (Å²) >= 11 is 0. The fourth-order valence-electron chi connectivity index (χ4n) is 4.05. The number of nitrogens with one attached hydrogen (secondary N) is 2. The van der Waals surface area contributed by atoms with Gasteiger partial charge in [-0.1, -0.05) is 0 Å². The Morgan fingerprint density at radius 2 is 2.24 bits per heavy atom. The predicted octanol–water partition coefficient (Wildman–Crippen LogP) is 2.35. The van der Waals surface area contributed by atoms with Crippen molar-refractivity contribution in [1.82, 2.24) is 24.8 Å². The molecule has 0 aromatic carbocycles. The molecular formula is C20H26N8O. The first-order valence-corrected chi connectivity index (χ1v) is 10.4. The largest absolute Gasteiger partial charge is 0.330 e. The van der Waals surface area contributed by atoms with E-state index >= 15 is 0 Å². The van der Waals surface area contributed by atoms with Crippen molar-refractivity contribution in [3.05, 3.63) is 30.1 Å². The first-order chi connectivity index (χ1) is 14.2. The molecule has 1 aliphatic heterocycles. The maximum absolute atomic E-state index is 12.7. The number of rotatable bonds is 8. The molecule has 152 valence electrons. The Morgan fingerprint density at radius 1 is 1.34 bits per heavy atom. The number of hydrogen-bond acceptors (Lipinski definition) is 7. The number of carbonyl (C=O) groups is 1. The molecule has 1 aliphatic carbocycles. The van der Waals surface area contributed by atoms with Gasteiger partial charge in [-0.3, -0.25) is 9.89 Å². The fraction of sp³-hybridized carbons (Fsp3) is 0.500. The number of ketones is 1. The van der Waals surface area contributed by atoms with Crippen LogP contribution in [0.25, 0.3) is 5.52 Å². The maximum atomic E-state index is 12.7. The number of nitrogens with zero attached hydrogens (tertiary/aromatic N) is 5. The third kappa shape index (κ3) is 3.57. The summed E-state index contributed by atoms with van der Waals surface area (Å²) < 4.78 is 1.80. The Balaban J connectivity index is 1.44. The second-order valence-electron chi connectivity index (χ2n) is 7.92. The molecule has 0 bridgehead atoms. The van der Waals surface area contributed by atoms with E-state index in [0.29, 0.717) is 30.6 Å². The highest BCUT2D eigenvalue weighted by Gasteiger charge is 2.32. The van der Waals surface area contributed by atoms with Gasteiger partial charge in [0.25, 0.3) is 0 Å². The van der Waals surface area contributed by atoms with E-state index in [1.165, 1.54) is 18.5 Å². The lowest BCUT2D eigenvalue weighted by atomic mass is 10.1. The van der Waals surface area contributed by atoms with Gasteiger partial charge in [0.2, 0.25) is 5.95 Å². The zero-order chi connectivity index (χ0) is 19.8. The number of fused-ring (bicyclic) bond motifs is 1. The SMILES string of the molecule is NCCCC(=O)[C@@H]1CCCN1c1nc(Nc2cc(C3CC3)[nH]n2)c2cccn2n1. The summed E-state index contributed by atoms with van der Waals surface area (Å²) in [5.74, 6) is 2.83. The third-order valence-electron chi connectivity index (χ3n) is 5.75. The summed E-state index contributed by atoms with van der Waals surface area (Å²) in [6.07, 6.45) is 7.35. The van der Waals surface area contributed by atoms with Crippen molar-refractivity contribution in [2.24, 2.45) is 5.73 Å². The number of carbonyl (C=O) groups excluding carboxylic acids is 1. The van der Waals surface area contributed by atoms with E-state index in [1.54, 1.807) is 4.52 Å². The molecule has 3 aromatic heterocycles. The van der Waals surface area contributed by atoms with Crippen molar-refractivity contribution < 1.29 is 4.79 Å². The number of H-pyrrole nitrogens is 1. The molecule has 1 saturated heterocycles. The molecule has 4 N–H and O–H groups in total. The van der Waals surface area contributed by atoms with E-state index < -0.39 is 0 Å². The Labute approximate surface area is 168 Å². The van der Waals surface area contributed by atoms with Gasteiger partial charge in [0, 0.05) is 36.8 Å². The van der Waals surface area contributed by atoms with Crippen molar-refractivity contribution >= 4 is 28.9 Å². The van der Waals surface area contributed by atoms with Crippen molar-refractivity contribution in [3.8, 4) is 0 Å². The third-order valence-corrected chi connectivity index (χ3v) is 5.75. The van der Waals surface area contributed by atoms with Crippen LogP contribution in [0, 0.1) is 0 Å². The van der Waals surface area contributed by atoms with Crippen LogP contribution in [-0.4, -0.2) is 49.7 Å². The monoisotopic (exact) mass is 394 g/mol. The van der Waals surface area contributed by atoms with Gasteiger partial charge < -0.3 is 16.0 Å². The van der Waals surface area contributed by atoms with Crippen LogP contribution in [0.4, 0.5) is 17.6 Å². The lowest BCUT2D eigenvalue weighted by Crippen LogP contribution is -2.37. The van der Waals surface area contributed by atoms with Crippen LogP contribution in [0.2, 0.25) is 0 Å². The van der Waals surface area contributed by atoms with E-state index in [9.17, 15) is 4.79 Å². The summed E-state index contributed by atoms with van der Waals surface area (Å²) in [7, 11) is 0. The highest BCUT2D eigenvalue weighted by Crippen LogP contribution is 2.39. The maximum Gasteiger partial charge on any atom is 0.246 e. The van der Waals surface area contributed by atoms with E-state index in [2.05, 4.69) is 20.6 Å². The van der Waals surface area contributed by atoms with E-state index in [4.69, 9.17) is 10.7 Å². The number of aromatic amines is 1. The van der Waals surface area contributed by atoms with Gasteiger partial charge in [-0.2, -0.15) is 10.1 Å². The van der Waals surface area contributed by atoms with Crippen molar-refractivity contribution in [2.45, 2.75) is 50.5 Å². The Bertz CT molecular complexity index is 1020. The lowest BCUT2D eigenvalue weighted by molar-refractivity contribution is -0.120. The van der Waals surface area contributed by atoms with Gasteiger partial charge in [0.1, 0.15) is 5.52 Å². The molecule has 2 aliphatic rings. The molecule has 5 rings (SSSR count). The standard InChI is InChI=1S/C20H26N8O/c21-9-1-6-17(29)15-4-2-10-27(15)20-23-19(16-5-3-11-28(16)26-20)22-18-12-14(24-25-18)13-7-8-13/h3,5,11-13,15H,1-2,4,6-10,21H2,(H2,22,23,24,25,26)/t15-/m0/s1. The Hall–Kier alpha value is -2.94. The summed E-state index contributed by atoms with van der Waals surface area (Å²) in [5.41, 5.74) is 7.61. The highest BCUT2D eigenvalue weighted by atomic mass is 16.1. The lowest BCUT2D eigenvalue weighted by Gasteiger charge is -2.24. The summed E-state index contributed by atoms with van der Waals surface area (Å²) in [4.78, 5) is 19.5. The molecule has 0 radical (unpaired) electrons. The Morgan fingerprint density at radius 3 is 3.07 bits per heavy atom. The molecule has 0 spiro atoms. The number of anilines is 3. The first kappa shape index (κ1) is 18.1. The summed E-state index contributed by atoms with van der Waals surface area (Å²) in [6, 6.07) is 5.78. The van der Waals surface area contributed by atoms with Gasteiger partial charge in [-0.25, -0.2) is 4.52 Å². The molecule has 9 nitrogen and oxygen atoms in total. The fourth-order valence-corrected chi connectivity index (χ4v) is 4.05. The van der Waals surface area contributed by atoms with Gasteiger partial charge in [0.05, 0.1) is 6.04 Å². The van der Waals surface area contributed by atoms with Crippen LogP contribution >= 0.6 is 0 Å². The molecule has 2 fully saturated rings. The first-order valence-electron chi connectivity index (χ1n) is 10.4. The number of aromatic nitrogens is 5. The van der Waals surface area contributed by atoms with E-state index in [1.807, 2.05) is 29.3 Å². The number of nitrogens with two attached hydrogens (primary N) is 1. The molecule has 0 amide bonds. The minimum Gasteiger partial charge on any atom is -0.330 e. The van der Waals surface area contributed by atoms with Gasteiger partial charge in [-0.05, 0) is 50.8 Å². The highest BCUT2D eigenvalue weighted by molar-refractivity contribution is 5.87. The normalized spacial score (nSPS) is 19.2. The molecule has 3 aromatic rings. The van der Waals surface area contributed by atoms with Crippen molar-refractivity contribution in [1.29, 1.82) is 0 Å². The van der Waals surface area contributed by atoms with Crippen LogP contribution in [0.5, 0.6) is 0 Å². The summed E-state index contributed by atoms with van der Waals surface area (Å²) in [6.45, 7) is 1.31. The van der Waals surface area contributed by atoms with Gasteiger partial charge in [0.15, 0.2) is 17.4 Å². The molecule has 29 heavy (non-hydrogen) atoms. The number of hydrogen-bond donors (Lipinski definition) is 3. The minimum atomic E-state index is -0.172. The summed E-state index contributed by atoms with van der Waals surface area (Å²) in [5, 5.41) is 15.5. The topological polar surface area (TPSA) is 117 Å². The van der Waals surface area contributed by atoms with Crippen LogP contribution in [0.1, 0.15) is 50.1 Å². The molecule has 4 heterocycles. The molecule has 1 saturated carbocycles. The quantitative estimate of drug-likeness (QED) is 0.537. The van der Waals surface area contributed by atoms with Gasteiger partial charge in [-0.15, -0.1) is 5.10 Å². The van der Waals surface area contributed by atoms with Gasteiger partial charge >= 0.3 is 0 Å². The van der Waals surface area contributed by atoms with Crippen LogP contribution < -0.4 is 16.0 Å². The van der Waals surface area contributed by atoms with Crippen molar-refractivity contribution in [3.63, 3.8) is 0 Å². The molecule has 1 atom stereocenters. The van der Waals surface area contributed by atoms with Crippen LogP contribution in [0.15, 0.2) is 24.4 Å². The Kier molecular flexibility index (Phi) is 4.67. The zero-order valence-electron chi connectivity index (χ0n) is 16.3.